The van der Waals surface area contributed by atoms with Crippen molar-refractivity contribution in [2.75, 3.05) is 13.2 Å². The molecular weight excluding hydrogens is 439 g/mol. The summed E-state index contributed by atoms with van der Waals surface area (Å²) in [5.74, 6) is 0.506. The summed E-state index contributed by atoms with van der Waals surface area (Å²) in [6.45, 7) is 4.61. The summed E-state index contributed by atoms with van der Waals surface area (Å²) in [4.78, 5) is 12.0. The van der Waals surface area contributed by atoms with Crippen molar-refractivity contribution in [1.82, 2.24) is 4.74 Å². The molecule has 3 rings (SSSR count). The Kier molecular flexibility index (Phi) is 9.18. The van der Waals surface area contributed by atoms with Gasteiger partial charge in [-0.1, -0.05) is 31.0 Å². The van der Waals surface area contributed by atoms with Gasteiger partial charge in [-0.3, -0.25) is 9.35 Å². The van der Waals surface area contributed by atoms with E-state index in [4.69, 9.17) is 19.5 Å². The maximum absolute atomic E-state index is 12.4. The van der Waals surface area contributed by atoms with Crippen LogP contribution in [-0.2, 0) is 16.7 Å². The molecule has 2 aromatic carbocycles. The van der Waals surface area contributed by atoms with Crippen molar-refractivity contribution >= 4 is 21.1 Å². The van der Waals surface area contributed by atoms with Crippen molar-refractivity contribution in [2.24, 2.45) is 5.73 Å². The minimum absolute atomic E-state index is 0.0666. The van der Waals surface area contributed by atoms with E-state index in [1.54, 1.807) is 30.3 Å². The molecular formula is C22H27FN2O6S. The molecule has 0 saturated heterocycles. The zero-order valence-corrected chi connectivity index (χ0v) is 18.8. The molecule has 0 radical (unpaired) electrons. The lowest BCUT2D eigenvalue weighted by Gasteiger charge is -2.06. The lowest BCUT2D eigenvalue weighted by atomic mass is 10.2. The number of fused-ring (bicyclic) bond motifs is 1. The van der Waals surface area contributed by atoms with Crippen molar-refractivity contribution in [3.63, 3.8) is 0 Å². The second kappa shape index (κ2) is 11.6. The van der Waals surface area contributed by atoms with Gasteiger partial charge in [-0.05, 0) is 37.6 Å². The van der Waals surface area contributed by atoms with Crippen molar-refractivity contribution < 1.29 is 26.6 Å². The number of aromatic nitrogens is 1. The van der Waals surface area contributed by atoms with Crippen LogP contribution in [0.3, 0.4) is 0 Å². The smallest absolute Gasteiger partial charge is 0.294 e. The van der Waals surface area contributed by atoms with E-state index in [-0.39, 0.29) is 23.6 Å². The van der Waals surface area contributed by atoms with E-state index in [1.807, 2.05) is 13.8 Å². The first-order valence-corrected chi connectivity index (χ1v) is 11.4. The molecule has 1 heterocycles. The highest BCUT2D eigenvalue weighted by molar-refractivity contribution is 7.85. The minimum atomic E-state index is -4.02. The molecule has 1 aromatic heterocycles. The fraction of sp³-hybridized carbons (Fsp3) is 0.318. The summed E-state index contributed by atoms with van der Waals surface area (Å²) < 4.78 is 54.2. The monoisotopic (exact) mass is 466 g/mol. The van der Waals surface area contributed by atoms with Gasteiger partial charge >= 0.3 is 0 Å². The first kappa shape index (κ1) is 25.3. The van der Waals surface area contributed by atoms with E-state index >= 15 is 0 Å². The van der Waals surface area contributed by atoms with Crippen molar-refractivity contribution in [1.29, 1.82) is 0 Å². The van der Waals surface area contributed by atoms with Crippen molar-refractivity contribution in [3.8, 4) is 5.75 Å². The lowest BCUT2D eigenvalue weighted by molar-refractivity contribution is 0.276. The van der Waals surface area contributed by atoms with Gasteiger partial charge in [0.1, 0.15) is 12.4 Å². The fourth-order valence-corrected chi connectivity index (χ4v) is 3.09. The van der Waals surface area contributed by atoms with E-state index < -0.39 is 10.1 Å². The van der Waals surface area contributed by atoms with Crippen LogP contribution in [0.5, 0.6) is 5.75 Å². The standard InChI is InChI=1S/C15H19FN2O3.C7H8O3S/c1-2-3-6-18-15(19)13-5-4-12(7-14(13)21-18)20-10-11(8-16)9-17;1-6-2-4-7(5-3-6)11(8,9)10/h4-5,7-8H,2-3,6,9-10,17H2,1H3;2-5H,1H3,(H,8,9,10). The van der Waals surface area contributed by atoms with Crippen LogP contribution < -0.4 is 16.0 Å². The fourth-order valence-electron chi connectivity index (χ4n) is 2.61. The van der Waals surface area contributed by atoms with Gasteiger partial charge in [0.15, 0.2) is 5.58 Å². The van der Waals surface area contributed by atoms with Gasteiger partial charge in [-0.2, -0.15) is 13.2 Å². The van der Waals surface area contributed by atoms with E-state index in [1.165, 1.54) is 16.9 Å². The van der Waals surface area contributed by atoms with Gasteiger partial charge in [-0.15, -0.1) is 0 Å². The third kappa shape index (κ3) is 7.04. The molecule has 0 unspecified atom stereocenters. The molecule has 0 aliphatic rings. The van der Waals surface area contributed by atoms with Crippen molar-refractivity contribution in [3.05, 3.63) is 70.3 Å². The van der Waals surface area contributed by atoms with Crippen LogP contribution in [0.4, 0.5) is 4.39 Å². The summed E-state index contributed by atoms with van der Waals surface area (Å²) >= 11 is 0. The topological polar surface area (TPSA) is 125 Å². The maximum Gasteiger partial charge on any atom is 0.294 e. The Morgan fingerprint density at radius 1 is 1.25 bits per heavy atom. The van der Waals surface area contributed by atoms with Crippen LogP contribution in [0.25, 0.3) is 11.0 Å². The maximum atomic E-state index is 12.4. The highest BCUT2D eigenvalue weighted by atomic mass is 32.2. The molecule has 174 valence electrons. The Hall–Kier alpha value is -2.95. The molecule has 0 atom stereocenters. The Morgan fingerprint density at radius 2 is 1.94 bits per heavy atom. The van der Waals surface area contributed by atoms with E-state index in [2.05, 4.69) is 0 Å². The normalized spacial score (nSPS) is 11.8. The largest absolute Gasteiger partial charge is 0.489 e. The third-order valence-corrected chi connectivity index (χ3v) is 5.36. The van der Waals surface area contributed by atoms with Crippen LogP contribution in [-0.4, -0.2) is 30.9 Å². The SMILES string of the molecule is CCCCn1oc2cc(OCC(=CF)CN)ccc2c1=O.Cc1ccc(S(=O)(=O)O)cc1. The highest BCUT2D eigenvalue weighted by Gasteiger charge is 2.10. The summed E-state index contributed by atoms with van der Waals surface area (Å²) in [5.41, 5.74) is 6.99. The van der Waals surface area contributed by atoms with Gasteiger partial charge in [-0.25, -0.2) is 4.39 Å². The van der Waals surface area contributed by atoms with E-state index in [0.29, 0.717) is 35.2 Å². The minimum Gasteiger partial charge on any atom is -0.489 e. The summed E-state index contributed by atoms with van der Waals surface area (Å²) in [6.07, 6.45) is 2.30. The Balaban J connectivity index is 0.000000278. The predicted molar refractivity (Wildman–Crippen MR) is 120 cm³/mol. The molecule has 0 spiro atoms. The number of aryl methyl sites for hydroxylation is 2. The van der Waals surface area contributed by atoms with Gasteiger partial charge in [0.25, 0.3) is 15.7 Å². The average Bonchev–Trinajstić information content (AvgIpc) is 3.08. The number of hydrogen-bond donors (Lipinski definition) is 2. The quantitative estimate of drug-likeness (QED) is 0.483. The second-order valence-corrected chi connectivity index (χ2v) is 8.48. The van der Waals surface area contributed by atoms with Crippen LogP contribution >= 0.6 is 0 Å². The molecule has 3 aromatic rings. The molecule has 0 bridgehead atoms. The lowest BCUT2D eigenvalue weighted by Crippen LogP contribution is -2.13. The van der Waals surface area contributed by atoms with Crippen LogP contribution in [0, 0.1) is 6.92 Å². The molecule has 8 nitrogen and oxygen atoms in total. The van der Waals surface area contributed by atoms with E-state index in [0.717, 1.165) is 18.4 Å². The van der Waals surface area contributed by atoms with Crippen LogP contribution in [0.15, 0.2) is 68.6 Å². The molecule has 0 aliphatic carbocycles. The van der Waals surface area contributed by atoms with Crippen molar-refractivity contribution in [2.45, 2.75) is 38.1 Å². The van der Waals surface area contributed by atoms with Gasteiger partial charge in [0.05, 0.1) is 23.2 Å². The van der Waals surface area contributed by atoms with Gasteiger partial charge in [0, 0.05) is 18.2 Å². The second-order valence-electron chi connectivity index (χ2n) is 7.06. The van der Waals surface area contributed by atoms with Crippen LogP contribution in [0.2, 0.25) is 0 Å². The third-order valence-electron chi connectivity index (χ3n) is 4.49. The Bertz CT molecular complexity index is 1210. The zero-order valence-electron chi connectivity index (χ0n) is 18.0. The molecule has 10 heteroatoms. The Morgan fingerprint density at radius 3 is 2.50 bits per heavy atom. The number of ether oxygens (including phenoxy) is 1. The average molecular weight is 467 g/mol. The number of halogens is 1. The Labute approximate surface area is 185 Å². The highest BCUT2D eigenvalue weighted by Crippen LogP contribution is 2.20. The first-order chi connectivity index (χ1) is 15.2. The number of nitrogens with two attached hydrogens (primary N) is 1. The molecule has 0 aliphatic heterocycles. The predicted octanol–water partition coefficient (Wildman–Crippen LogP) is 3.83. The first-order valence-electron chi connectivity index (χ1n) is 9.98. The number of rotatable bonds is 8. The number of unbranched alkanes of at least 4 members (excludes halogenated alkanes) is 1. The number of nitrogens with zero attached hydrogens (tertiary/aromatic N) is 1. The molecule has 3 N–H and O–H groups in total. The summed E-state index contributed by atoms with van der Waals surface area (Å²) in [6, 6.07) is 10.9. The van der Waals surface area contributed by atoms with E-state index in [9.17, 15) is 17.6 Å². The number of benzene rings is 2. The zero-order chi connectivity index (χ0) is 23.7. The van der Waals surface area contributed by atoms with Crippen LogP contribution in [0.1, 0.15) is 25.3 Å². The molecule has 0 saturated carbocycles. The molecule has 0 amide bonds. The van der Waals surface area contributed by atoms with Gasteiger partial charge < -0.3 is 15.0 Å². The number of hydrogen-bond acceptors (Lipinski definition) is 6. The molecule has 0 fully saturated rings. The molecule has 32 heavy (non-hydrogen) atoms. The van der Waals surface area contributed by atoms with Gasteiger partial charge in [0.2, 0.25) is 0 Å². The summed E-state index contributed by atoms with van der Waals surface area (Å²) in [5, 5.41) is 0.513. The summed E-state index contributed by atoms with van der Waals surface area (Å²) in [7, 11) is -4.02.